The largest absolute Gasteiger partial charge is 0.490 e. The summed E-state index contributed by atoms with van der Waals surface area (Å²) in [6.07, 6.45) is 0. The molecule has 1 aliphatic rings. The number of ether oxygens (including phenoxy) is 1. The fourth-order valence-electron chi connectivity index (χ4n) is 2.15. The summed E-state index contributed by atoms with van der Waals surface area (Å²) < 4.78 is 5.75. The van der Waals surface area contributed by atoms with Crippen molar-refractivity contribution < 1.29 is 4.74 Å². The Morgan fingerprint density at radius 2 is 1.78 bits per heavy atom. The average Bonchev–Trinajstić information content (AvgIpc) is 2.39. The molecule has 0 fully saturated rings. The predicted molar refractivity (Wildman–Crippen MR) is 79.9 cm³/mol. The molecule has 0 aliphatic carbocycles. The fraction of sp³-hybridized carbons (Fsp3) is 0.625. The van der Waals surface area contributed by atoms with E-state index in [4.69, 9.17) is 4.74 Å². The highest BCUT2D eigenvalue weighted by atomic mass is 16.5. The Bertz CT molecular complexity index is 371. The van der Waals surface area contributed by atoms with Gasteiger partial charge in [-0.2, -0.15) is 0 Å². The van der Waals surface area contributed by atoms with Crippen molar-refractivity contribution in [2.45, 2.75) is 53.5 Å². The minimum Gasteiger partial charge on any atom is -0.490 e. The maximum absolute atomic E-state index is 5.75. The summed E-state index contributed by atoms with van der Waals surface area (Å²) in [5.74, 6) is 1.61. The van der Waals surface area contributed by atoms with Gasteiger partial charge < -0.3 is 9.64 Å². The van der Waals surface area contributed by atoms with Gasteiger partial charge in [0, 0.05) is 6.04 Å². The first kappa shape index (κ1) is 14.9. The summed E-state index contributed by atoms with van der Waals surface area (Å²) in [5, 5.41) is 0. The monoisotopic (exact) mass is 249 g/mol. The predicted octanol–water partition coefficient (Wildman–Crippen LogP) is 4.44. The molecule has 0 N–H and O–H groups in total. The van der Waals surface area contributed by atoms with Crippen molar-refractivity contribution in [1.82, 2.24) is 0 Å². The highest BCUT2D eigenvalue weighted by Crippen LogP contribution is 2.35. The van der Waals surface area contributed by atoms with Gasteiger partial charge in [0.25, 0.3) is 0 Å². The molecule has 1 aliphatic heterocycles. The third-order valence-electron chi connectivity index (χ3n) is 3.17. The molecule has 18 heavy (non-hydrogen) atoms. The zero-order valence-corrected chi connectivity index (χ0v) is 12.7. The van der Waals surface area contributed by atoms with Crippen molar-refractivity contribution in [2.75, 3.05) is 18.1 Å². The maximum atomic E-state index is 5.75. The highest BCUT2D eigenvalue weighted by Gasteiger charge is 2.20. The molecule has 0 atom stereocenters. The van der Waals surface area contributed by atoms with Crippen LogP contribution >= 0.6 is 0 Å². The van der Waals surface area contributed by atoms with E-state index in [1.54, 1.807) is 0 Å². The topological polar surface area (TPSA) is 12.5 Å². The smallest absolute Gasteiger partial charge is 0.142 e. The van der Waals surface area contributed by atoms with Gasteiger partial charge >= 0.3 is 0 Å². The van der Waals surface area contributed by atoms with E-state index in [1.165, 1.54) is 11.3 Å². The number of fused-ring (bicyclic) bond motifs is 1. The first-order chi connectivity index (χ1) is 8.59. The van der Waals surface area contributed by atoms with E-state index in [0.29, 0.717) is 12.0 Å². The molecule has 0 spiro atoms. The van der Waals surface area contributed by atoms with Gasteiger partial charge in [0.15, 0.2) is 0 Å². The molecule has 0 unspecified atom stereocenters. The first-order valence-corrected chi connectivity index (χ1v) is 7.13. The Morgan fingerprint density at radius 3 is 2.33 bits per heavy atom. The van der Waals surface area contributed by atoms with Gasteiger partial charge in [-0.3, -0.25) is 0 Å². The summed E-state index contributed by atoms with van der Waals surface area (Å²) in [6, 6.07) is 7.14. The number of hydrogen-bond donors (Lipinski definition) is 0. The number of anilines is 1. The van der Waals surface area contributed by atoms with Crippen molar-refractivity contribution in [3.63, 3.8) is 0 Å². The molecule has 1 aromatic carbocycles. The van der Waals surface area contributed by atoms with E-state index < -0.39 is 0 Å². The standard InChI is InChI=1S/C14H21NO.C2H6/c1-10(2)12-5-6-13-14(9-12)16-8-7-15(13)11(3)4;1-2/h5-6,9-11H,7-8H2,1-4H3;1-2H3. The fourth-order valence-corrected chi connectivity index (χ4v) is 2.15. The molecular weight excluding hydrogens is 222 g/mol. The normalized spacial score (nSPS) is 13.9. The molecule has 1 aromatic rings. The summed E-state index contributed by atoms with van der Waals surface area (Å²) in [5.41, 5.74) is 2.59. The van der Waals surface area contributed by atoms with Crippen LogP contribution in [0.4, 0.5) is 5.69 Å². The van der Waals surface area contributed by atoms with E-state index in [0.717, 1.165) is 18.9 Å². The minimum absolute atomic E-state index is 0.535. The second kappa shape index (κ2) is 6.67. The molecule has 0 saturated carbocycles. The zero-order chi connectivity index (χ0) is 13.7. The number of nitrogens with zero attached hydrogens (tertiary/aromatic N) is 1. The second-order valence-corrected chi connectivity index (χ2v) is 5.02. The van der Waals surface area contributed by atoms with Gasteiger partial charge in [0.2, 0.25) is 0 Å². The summed E-state index contributed by atoms with van der Waals surface area (Å²) >= 11 is 0. The van der Waals surface area contributed by atoms with E-state index in [1.807, 2.05) is 13.8 Å². The van der Waals surface area contributed by atoms with Gasteiger partial charge in [-0.15, -0.1) is 0 Å². The Kier molecular flexibility index (Phi) is 5.52. The molecule has 2 heteroatoms. The van der Waals surface area contributed by atoms with Crippen molar-refractivity contribution in [2.24, 2.45) is 0 Å². The first-order valence-electron chi connectivity index (χ1n) is 7.13. The van der Waals surface area contributed by atoms with E-state index in [2.05, 4.69) is 50.8 Å². The number of benzene rings is 1. The van der Waals surface area contributed by atoms with Crippen LogP contribution in [0, 0.1) is 0 Å². The lowest BCUT2D eigenvalue weighted by atomic mass is 10.0. The third-order valence-corrected chi connectivity index (χ3v) is 3.17. The van der Waals surface area contributed by atoms with Gasteiger partial charge in [-0.1, -0.05) is 33.8 Å². The number of rotatable bonds is 2. The van der Waals surface area contributed by atoms with Gasteiger partial charge in [0.1, 0.15) is 12.4 Å². The van der Waals surface area contributed by atoms with Gasteiger partial charge in [-0.05, 0) is 37.5 Å². The summed E-state index contributed by atoms with van der Waals surface area (Å²) in [6.45, 7) is 14.7. The van der Waals surface area contributed by atoms with Crippen molar-refractivity contribution in [3.8, 4) is 5.75 Å². The van der Waals surface area contributed by atoms with Crippen LogP contribution < -0.4 is 9.64 Å². The Hall–Kier alpha value is -1.18. The van der Waals surface area contributed by atoms with Gasteiger partial charge in [0.05, 0.1) is 12.2 Å². The van der Waals surface area contributed by atoms with E-state index in [-0.39, 0.29) is 0 Å². The maximum Gasteiger partial charge on any atom is 0.142 e. The van der Waals surface area contributed by atoms with E-state index in [9.17, 15) is 0 Å². The van der Waals surface area contributed by atoms with Gasteiger partial charge in [-0.25, -0.2) is 0 Å². The van der Waals surface area contributed by atoms with Crippen LogP contribution in [0.2, 0.25) is 0 Å². The Morgan fingerprint density at radius 1 is 1.11 bits per heavy atom. The van der Waals surface area contributed by atoms with Crippen LogP contribution in [0.1, 0.15) is 53.0 Å². The third kappa shape index (κ3) is 3.18. The molecule has 2 nitrogen and oxygen atoms in total. The molecule has 0 radical (unpaired) electrons. The van der Waals surface area contributed by atoms with Crippen LogP contribution in [-0.2, 0) is 0 Å². The lowest BCUT2D eigenvalue weighted by molar-refractivity contribution is 0.302. The molecule has 2 rings (SSSR count). The van der Waals surface area contributed by atoms with Crippen molar-refractivity contribution >= 4 is 5.69 Å². The molecule has 0 saturated heterocycles. The molecular formula is C16H27NO. The van der Waals surface area contributed by atoms with Crippen LogP contribution in [0.15, 0.2) is 18.2 Å². The Balaban J connectivity index is 0.000000771. The van der Waals surface area contributed by atoms with Crippen LogP contribution in [0.3, 0.4) is 0 Å². The highest BCUT2D eigenvalue weighted by molar-refractivity contribution is 5.61. The minimum atomic E-state index is 0.535. The summed E-state index contributed by atoms with van der Waals surface area (Å²) in [4.78, 5) is 2.41. The molecule has 0 amide bonds. The zero-order valence-electron chi connectivity index (χ0n) is 12.7. The number of hydrogen-bond acceptors (Lipinski definition) is 2. The lowest BCUT2D eigenvalue weighted by Crippen LogP contribution is -2.37. The second-order valence-electron chi connectivity index (χ2n) is 5.02. The van der Waals surface area contributed by atoms with Crippen LogP contribution in [-0.4, -0.2) is 19.2 Å². The molecule has 0 bridgehead atoms. The quantitative estimate of drug-likeness (QED) is 0.768. The SMILES string of the molecule is CC.CC(C)c1ccc2c(c1)OCCN2C(C)C. The average molecular weight is 249 g/mol. The lowest BCUT2D eigenvalue weighted by Gasteiger charge is -2.34. The molecule has 1 heterocycles. The Labute approximate surface area is 112 Å². The van der Waals surface area contributed by atoms with Crippen molar-refractivity contribution in [3.05, 3.63) is 23.8 Å². The van der Waals surface area contributed by atoms with E-state index >= 15 is 0 Å². The molecule has 0 aromatic heterocycles. The van der Waals surface area contributed by atoms with Crippen LogP contribution in [0.5, 0.6) is 5.75 Å². The molecule has 102 valence electrons. The van der Waals surface area contributed by atoms with Crippen molar-refractivity contribution in [1.29, 1.82) is 0 Å². The summed E-state index contributed by atoms with van der Waals surface area (Å²) in [7, 11) is 0. The van der Waals surface area contributed by atoms with Crippen LogP contribution in [0.25, 0.3) is 0 Å².